The summed E-state index contributed by atoms with van der Waals surface area (Å²) in [4.78, 5) is 18.5. The highest BCUT2D eigenvalue weighted by Crippen LogP contribution is 2.15. The average molecular weight is 390 g/mol. The number of para-hydroxylation sites is 1. The van der Waals surface area contributed by atoms with Gasteiger partial charge < -0.3 is 14.2 Å². The molecule has 1 amide bonds. The van der Waals surface area contributed by atoms with Gasteiger partial charge in [-0.15, -0.1) is 0 Å². The van der Waals surface area contributed by atoms with E-state index in [-0.39, 0.29) is 18.3 Å². The molecule has 0 saturated carbocycles. The number of likely N-dealkylation sites (N-methyl/N-ethyl adjacent to an activating group) is 1. The van der Waals surface area contributed by atoms with Gasteiger partial charge in [-0.05, 0) is 19.1 Å². The third-order valence-electron chi connectivity index (χ3n) is 4.83. The summed E-state index contributed by atoms with van der Waals surface area (Å²) in [6.07, 6.45) is 0. The zero-order chi connectivity index (χ0) is 19.9. The monoisotopic (exact) mass is 390 g/mol. The Balaban J connectivity index is 1.35. The van der Waals surface area contributed by atoms with Gasteiger partial charge in [-0.1, -0.05) is 17.3 Å². The van der Waals surface area contributed by atoms with E-state index in [1.54, 1.807) is 30.1 Å². The van der Waals surface area contributed by atoms with Gasteiger partial charge in [-0.2, -0.15) is 0 Å². The summed E-state index contributed by atoms with van der Waals surface area (Å²) in [5, 5.41) is 4.03. The van der Waals surface area contributed by atoms with Gasteiger partial charge in [0.25, 0.3) is 0 Å². The Bertz CT molecular complexity index is 774. The summed E-state index contributed by atoms with van der Waals surface area (Å²) < 4.78 is 24.0. The van der Waals surface area contributed by atoms with Crippen molar-refractivity contribution in [2.24, 2.45) is 0 Å². The van der Waals surface area contributed by atoms with E-state index in [1.165, 1.54) is 6.07 Å². The van der Waals surface area contributed by atoms with Crippen molar-refractivity contribution < 1.29 is 18.4 Å². The molecular formula is C20H27FN4O3. The second kappa shape index (κ2) is 9.66. The lowest BCUT2D eigenvalue weighted by Crippen LogP contribution is -2.49. The molecule has 8 heteroatoms. The highest BCUT2D eigenvalue weighted by Gasteiger charge is 2.21. The van der Waals surface area contributed by atoms with Gasteiger partial charge in [0, 0.05) is 45.8 Å². The molecule has 1 fully saturated rings. The largest absolute Gasteiger partial charge is 0.489 e. The number of amides is 1. The second-order valence-corrected chi connectivity index (χ2v) is 7.08. The van der Waals surface area contributed by atoms with Crippen LogP contribution in [0.5, 0.6) is 5.75 Å². The van der Waals surface area contributed by atoms with Crippen LogP contribution >= 0.6 is 0 Å². The van der Waals surface area contributed by atoms with Crippen LogP contribution in [-0.4, -0.2) is 78.7 Å². The summed E-state index contributed by atoms with van der Waals surface area (Å²) in [5.41, 5.74) is 0.941. The fraction of sp³-hybridized carbons (Fsp3) is 0.500. The molecular weight excluding hydrogens is 363 g/mol. The van der Waals surface area contributed by atoms with Crippen molar-refractivity contribution in [2.45, 2.75) is 13.5 Å². The number of benzene rings is 1. The third-order valence-corrected chi connectivity index (χ3v) is 4.83. The molecule has 0 spiro atoms. The Labute approximate surface area is 164 Å². The van der Waals surface area contributed by atoms with Gasteiger partial charge in [0.15, 0.2) is 11.6 Å². The number of ether oxygens (including phenoxy) is 1. The number of hydrogen-bond acceptors (Lipinski definition) is 6. The van der Waals surface area contributed by atoms with Crippen molar-refractivity contribution in [1.82, 2.24) is 19.9 Å². The second-order valence-electron chi connectivity index (χ2n) is 7.08. The van der Waals surface area contributed by atoms with Gasteiger partial charge in [0.1, 0.15) is 12.4 Å². The topological polar surface area (TPSA) is 62.0 Å². The Kier molecular flexibility index (Phi) is 7.00. The molecule has 28 heavy (non-hydrogen) atoms. The molecule has 0 radical (unpaired) electrons. The van der Waals surface area contributed by atoms with Crippen LogP contribution in [0.1, 0.15) is 11.5 Å². The summed E-state index contributed by atoms with van der Waals surface area (Å²) >= 11 is 0. The summed E-state index contributed by atoms with van der Waals surface area (Å²) in [6.45, 7) is 7.16. The minimum absolute atomic E-state index is 0.0395. The Hall–Kier alpha value is -2.45. The van der Waals surface area contributed by atoms with Crippen molar-refractivity contribution in [2.75, 3.05) is 52.9 Å². The van der Waals surface area contributed by atoms with Gasteiger partial charge in [0.2, 0.25) is 5.91 Å². The molecule has 0 aliphatic carbocycles. The van der Waals surface area contributed by atoms with E-state index in [2.05, 4.69) is 15.0 Å². The van der Waals surface area contributed by atoms with Gasteiger partial charge in [-0.3, -0.25) is 14.6 Å². The third kappa shape index (κ3) is 5.77. The minimum Gasteiger partial charge on any atom is -0.489 e. The zero-order valence-corrected chi connectivity index (χ0v) is 16.4. The lowest BCUT2D eigenvalue weighted by Gasteiger charge is -2.34. The van der Waals surface area contributed by atoms with Crippen LogP contribution in [0.2, 0.25) is 0 Å². The van der Waals surface area contributed by atoms with Crippen molar-refractivity contribution in [1.29, 1.82) is 0 Å². The van der Waals surface area contributed by atoms with E-state index in [4.69, 9.17) is 9.26 Å². The molecule has 1 aromatic carbocycles. The minimum atomic E-state index is -0.393. The van der Waals surface area contributed by atoms with Gasteiger partial charge >= 0.3 is 0 Å². The highest BCUT2D eigenvalue weighted by atomic mass is 19.1. The first-order valence-electron chi connectivity index (χ1n) is 9.49. The first-order chi connectivity index (χ1) is 13.5. The molecule has 152 valence electrons. The van der Waals surface area contributed by atoms with E-state index in [0.29, 0.717) is 13.1 Å². The Morgan fingerprint density at radius 3 is 2.64 bits per heavy atom. The number of carbonyl (C=O) groups excluding carboxylic acids is 1. The summed E-state index contributed by atoms with van der Waals surface area (Å²) in [5.74, 6) is 0.677. The molecule has 3 rings (SSSR count). The molecule has 0 unspecified atom stereocenters. The fourth-order valence-corrected chi connectivity index (χ4v) is 3.12. The standard InChI is InChI=1S/C20H27FN4O3/c1-16-13-17(22-28-16)14-24-7-9-25(10-8-24)15-20(26)23(2)11-12-27-19-6-4-3-5-18(19)21/h3-6,13H,7-12,14-15H2,1-2H3. The van der Waals surface area contributed by atoms with Crippen LogP contribution < -0.4 is 4.74 Å². The molecule has 1 aromatic heterocycles. The summed E-state index contributed by atoms with van der Waals surface area (Å²) in [7, 11) is 1.75. The van der Waals surface area contributed by atoms with Crippen LogP contribution in [0.25, 0.3) is 0 Å². The number of piperazine rings is 1. The summed E-state index contributed by atoms with van der Waals surface area (Å²) in [6, 6.07) is 8.22. The zero-order valence-electron chi connectivity index (χ0n) is 16.4. The molecule has 0 bridgehead atoms. The van der Waals surface area contributed by atoms with E-state index >= 15 is 0 Å². The lowest BCUT2D eigenvalue weighted by molar-refractivity contribution is -0.131. The first-order valence-corrected chi connectivity index (χ1v) is 9.49. The van der Waals surface area contributed by atoms with Crippen LogP contribution in [-0.2, 0) is 11.3 Å². The first kappa shape index (κ1) is 20.3. The molecule has 2 heterocycles. The van der Waals surface area contributed by atoms with Crippen LogP contribution in [0.3, 0.4) is 0 Å². The lowest BCUT2D eigenvalue weighted by atomic mass is 10.2. The van der Waals surface area contributed by atoms with Crippen molar-refractivity contribution in [3.05, 3.63) is 47.6 Å². The van der Waals surface area contributed by atoms with E-state index < -0.39 is 5.82 Å². The highest BCUT2D eigenvalue weighted by molar-refractivity contribution is 5.78. The quantitative estimate of drug-likeness (QED) is 0.685. The van der Waals surface area contributed by atoms with Crippen molar-refractivity contribution in [3.8, 4) is 5.75 Å². The molecule has 1 saturated heterocycles. The number of hydrogen-bond donors (Lipinski definition) is 0. The molecule has 7 nitrogen and oxygen atoms in total. The van der Waals surface area contributed by atoms with E-state index in [1.807, 2.05) is 13.0 Å². The molecule has 1 aliphatic heterocycles. The number of rotatable bonds is 8. The number of carbonyl (C=O) groups is 1. The SMILES string of the molecule is Cc1cc(CN2CCN(CC(=O)N(C)CCOc3ccccc3F)CC2)no1. The van der Waals surface area contributed by atoms with Crippen LogP contribution in [0.15, 0.2) is 34.9 Å². The molecule has 2 aromatic rings. The number of nitrogens with zero attached hydrogens (tertiary/aromatic N) is 4. The predicted molar refractivity (Wildman–Crippen MR) is 102 cm³/mol. The Morgan fingerprint density at radius 2 is 1.96 bits per heavy atom. The van der Waals surface area contributed by atoms with Crippen molar-refractivity contribution in [3.63, 3.8) is 0 Å². The van der Waals surface area contributed by atoms with E-state index in [0.717, 1.165) is 44.2 Å². The smallest absolute Gasteiger partial charge is 0.236 e. The number of halogens is 1. The van der Waals surface area contributed by atoms with Crippen LogP contribution in [0, 0.1) is 12.7 Å². The van der Waals surface area contributed by atoms with Gasteiger partial charge in [0.05, 0.1) is 18.8 Å². The van der Waals surface area contributed by atoms with Crippen molar-refractivity contribution >= 4 is 5.91 Å². The van der Waals surface area contributed by atoms with E-state index in [9.17, 15) is 9.18 Å². The molecule has 0 N–H and O–H groups in total. The van der Waals surface area contributed by atoms with Crippen LogP contribution in [0.4, 0.5) is 4.39 Å². The number of aryl methyl sites for hydroxylation is 1. The number of aromatic nitrogens is 1. The maximum atomic E-state index is 13.5. The maximum Gasteiger partial charge on any atom is 0.236 e. The predicted octanol–water partition coefficient (Wildman–Crippen LogP) is 1.78. The fourth-order valence-electron chi connectivity index (χ4n) is 3.12. The maximum absolute atomic E-state index is 13.5. The Morgan fingerprint density at radius 1 is 1.25 bits per heavy atom. The molecule has 1 aliphatic rings. The average Bonchev–Trinajstić information content (AvgIpc) is 3.09. The molecule has 0 atom stereocenters. The van der Waals surface area contributed by atoms with Gasteiger partial charge in [-0.25, -0.2) is 4.39 Å². The normalized spacial score (nSPS) is 15.5.